The summed E-state index contributed by atoms with van der Waals surface area (Å²) in [7, 11) is 3.56. The number of hydrogen-bond acceptors (Lipinski definition) is 7. The molecule has 1 fully saturated rings. The maximum absolute atomic E-state index is 12.9. The van der Waals surface area contributed by atoms with Gasteiger partial charge in [0.1, 0.15) is 11.5 Å². The number of aliphatic hydroxyl groups excluding tert-OH is 1. The molecule has 3 heterocycles. The minimum Gasteiger partial charge on any atom is -0.495 e. The molecule has 8 heteroatoms. The molecule has 0 saturated heterocycles. The van der Waals surface area contributed by atoms with E-state index >= 15 is 0 Å². The molecule has 5 atom stereocenters. The Bertz CT molecular complexity index is 1460. The molecule has 6 rings (SSSR count). The van der Waals surface area contributed by atoms with Crippen LogP contribution in [-0.2, 0) is 17.7 Å². The maximum Gasteiger partial charge on any atom is 0.177 e. The highest BCUT2D eigenvalue weighted by atomic mass is 79.9. The third kappa shape index (κ3) is 3.97. The van der Waals surface area contributed by atoms with Gasteiger partial charge < -0.3 is 24.6 Å². The van der Waals surface area contributed by atoms with Crippen LogP contribution in [0, 0.1) is 5.92 Å². The molecule has 1 saturated carbocycles. The maximum atomic E-state index is 12.9. The van der Waals surface area contributed by atoms with Crippen molar-refractivity contribution in [3.63, 3.8) is 0 Å². The minimum absolute atomic E-state index is 0.379. The molecule has 2 aromatic carbocycles. The van der Waals surface area contributed by atoms with Gasteiger partial charge in [-0.1, -0.05) is 64.5 Å². The SMILES string of the molecule is COc1cncc2c1C1(O)C(O)C(CN(C)Cc3cccnc3)C(c3ccccc3)C1(c1ccc(Br)cc1)O2. The molecule has 1 aliphatic heterocycles. The van der Waals surface area contributed by atoms with Crippen molar-refractivity contribution in [1.29, 1.82) is 0 Å². The fourth-order valence-electron chi connectivity index (χ4n) is 6.66. The number of hydrogen-bond donors (Lipinski definition) is 2. The van der Waals surface area contributed by atoms with Crippen LogP contribution in [0.1, 0.15) is 28.2 Å². The van der Waals surface area contributed by atoms with Gasteiger partial charge in [-0.25, -0.2) is 0 Å². The lowest BCUT2D eigenvalue weighted by Gasteiger charge is -2.41. The van der Waals surface area contributed by atoms with E-state index in [2.05, 4.69) is 30.8 Å². The summed E-state index contributed by atoms with van der Waals surface area (Å²) in [5.74, 6) is -0.0202. The van der Waals surface area contributed by atoms with Crippen LogP contribution in [0.2, 0.25) is 0 Å². The monoisotopic (exact) mass is 587 g/mol. The van der Waals surface area contributed by atoms with Gasteiger partial charge in [-0.15, -0.1) is 0 Å². The van der Waals surface area contributed by atoms with Crippen LogP contribution in [0.15, 0.2) is 96.0 Å². The zero-order chi connectivity index (χ0) is 27.2. The van der Waals surface area contributed by atoms with Crippen LogP contribution in [0.3, 0.4) is 0 Å². The predicted molar refractivity (Wildman–Crippen MR) is 150 cm³/mol. The van der Waals surface area contributed by atoms with Crippen molar-refractivity contribution in [2.45, 2.75) is 29.8 Å². The van der Waals surface area contributed by atoms with E-state index in [9.17, 15) is 10.2 Å². The van der Waals surface area contributed by atoms with Gasteiger partial charge >= 0.3 is 0 Å². The number of halogens is 1. The van der Waals surface area contributed by atoms with Crippen molar-refractivity contribution in [2.24, 2.45) is 5.92 Å². The molecule has 1 aliphatic carbocycles. The van der Waals surface area contributed by atoms with Gasteiger partial charge in [-0.3, -0.25) is 9.97 Å². The van der Waals surface area contributed by atoms with E-state index in [-0.39, 0.29) is 0 Å². The first-order valence-electron chi connectivity index (χ1n) is 12.9. The van der Waals surface area contributed by atoms with Crippen LogP contribution >= 0.6 is 15.9 Å². The Kier molecular flexibility index (Phi) is 6.67. The van der Waals surface area contributed by atoms with Crippen LogP contribution < -0.4 is 9.47 Å². The first-order valence-corrected chi connectivity index (χ1v) is 13.7. The first-order chi connectivity index (χ1) is 18.9. The molecule has 200 valence electrons. The highest BCUT2D eigenvalue weighted by Gasteiger charge is 2.76. The van der Waals surface area contributed by atoms with Crippen LogP contribution in [-0.4, -0.2) is 51.9 Å². The average Bonchev–Trinajstić information content (AvgIpc) is 3.33. The van der Waals surface area contributed by atoms with Crippen molar-refractivity contribution in [2.75, 3.05) is 20.7 Å². The summed E-state index contributed by atoms with van der Waals surface area (Å²) in [5, 5.41) is 25.2. The van der Waals surface area contributed by atoms with Gasteiger partial charge in [0.05, 0.1) is 31.2 Å². The molecule has 0 radical (unpaired) electrons. The van der Waals surface area contributed by atoms with Crippen LogP contribution in [0.5, 0.6) is 11.5 Å². The standard InChI is InChI=1S/C31H30BrN3O4/c1-35(18-20-7-6-14-33-15-20)19-24-27(21-8-4-3-5-9-21)31(22-10-12-23(32)13-11-22)30(37,29(24)36)28-25(38-2)16-34-17-26(28)39-31/h3-17,24,27,29,36-37H,18-19H2,1-2H3. The minimum atomic E-state index is -1.81. The third-order valence-electron chi connectivity index (χ3n) is 8.14. The fraction of sp³-hybridized carbons (Fsp3) is 0.290. The molecule has 4 aromatic rings. The van der Waals surface area contributed by atoms with Crippen molar-refractivity contribution in [3.05, 3.63) is 118 Å². The Balaban J connectivity index is 1.55. The van der Waals surface area contributed by atoms with E-state index in [4.69, 9.17) is 9.47 Å². The molecule has 2 N–H and O–H groups in total. The highest BCUT2D eigenvalue weighted by Crippen LogP contribution is 2.69. The molecular weight excluding hydrogens is 558 g/mol. The fourth-order valence-corrected chi connectivity index (χ4v) is 6.93. The smallest absolute Gasteiger partial charge is 0.177 e. The number of aromatic nitrogens is 2. The van der Waals surface area contributed by atoms with E-state index in [0.717, 1.165) is 21.2 Å². The summed E-state index contributed by atoms with van der Waals surface area (Å²) in [4.78, 5) is 10.7. The van der Waals surface area contributed by atoms with Crippen molar-refractivity contribution in [3.8, 4) is 11.5 Å². The lowest BCUT2D eigenvalue weighted by Crippen LogP contribution is -2.52. The number of fused-ring (bicyclic) bond motifs is 3. The second-order valence-corrected chi connectivity index (χ2v) is 11.3. The average molecular weight is 589 g/mol. The number of ether oxygens (including phenoxy) is 2. The zero-order valence-electron chi connectivity index (χ0n) is 21.7. The third-order valence-corrected chi connectivity index (χ3v) is 8.67. The van der Waals surface area contributed by atoms with E-state index in [1.807, 2.05) is 80.0 Å². The first kappa shape index (κ1) is 26.0. The summed E-state index contributed by atoms with van der Waals surface area (Å²) in [6.45, 7) is 1.15. The predicted octanol–water partition coefficient (Wildman–Crippen LogP) is 4.63. The summed E-state index contributed by atoms with van der Waals surface area (Å²) >= 11 is 3.54. The lowest BCUT2D eigenvalue weighted by molar-refractivity contribution is -0.152. The van der Waals surface area contributed by atoms with Gasteiger partial charge in [0.2, 0.25) is 0 Å². The summed E-state index contributed by atoms with van der Waals surface area (Å²) in [6, 6.07) is 21.7. The second-order valence-electron chi connectivity index (χ2n) is 10.4. The molecular formula is C31H30BrN3O4. The summed E-state index contributed by atoms with van der Waals surface area (Å²) in [5.41, 5.74) is 0.0672. The van der Waals surface area contributed by atoms with E-state index in [0.29, 0.717) is 30.2 Å². The van der Waals surface area contributed by atoms with Gasteiger partial charge in [-0.2, -0.15) is 0 Å². The Morgan fingerprint density at radius 2 is 1.77 bits per heavy atom. The summed E-state index contributed by atoms with van der Waals surface area (Å²) < 4.78 is 13.4. The number of aliphatic hydroxyl groups is 2. The molecule has 2 aromatic heterocycles. The van der Waals surface area contributed by atoms with Gasteiger partial charge in [0.15, 0.2) is 11.2 Å². The topological polar surface area (TPSA) is 87.9 Å². The molecule has 0 amide bonds. The second kappa shape index (κ2) is 10.0. The number of methoxy groups -OCH3 is 1. The van der Waals surface area contributed by atoms with Gasteiger partial charge in [-0.05, 0) is 41.9 Å². The van der Waals surface area contributed by atoms with Crippen molar-refractivity contribution >= 4 is 15.9 Å². The molecule has 5 unspecified atom stereocenters. The van der Waals surface area contributed by atoms with E-state index in [1.165, 1.54) is 7.11 Å². The normalized spacial score (nSPS) is 27.2. The van der Waals surface area contributed by atoms with Gasteiger partial charge in [0.25, 0.3) is 0 Å². The van der Waals surface area contributed by atoms with E-state index in [1.54, 1.807) is 18.6 Å². The largest absolute Gasteiger partial charge is 0.495 e. The molecule has 2 aliphatic rings. The number of benzene rings is 2. The summed E-state index contributed by atoms with van der Waals surface area (Å²) in [6.07, 6.45) is 5.57. The molecule has 0 bridgehead atoms. The van der Waals surface area contributed by atoms with Crippen molar-refractivity contribution in [1.82, 2.24) is 14.9 Å². The number of nitrogens with zero attached hydrogens (tertiary/aromatic N) is 3. The number of rotatable bonds is 7. The van der Waals surface area contributed by atoms with Crippen LogP contribution in [0.4, 0.5) is 0 Å². The van der Waals surface area contributed by atoms with Crippen molar-refractivity contribution < 1.29 is 19.7 Å². The Hall–Kier alpha value is -3.30. The van der Waals surface area contributed by atoms with Crippen LogP contribution in [0.25, 0.3) is 0 Å². The quantitative estimate of drug-likeness (QED) is 0.326. The highest BCUT2D eigenvalue weighted by molar-refractivity contribution is 9.10. The number of pyridine rings is 2. The lowest BCUT2D eigenvalue weighted by atomic mass is 9.70. The Morgan fingerprint density at radius 1 is 1.00 bits per heavy atom. The molecule has 0 spiro atoms. The Labute approximate surface area is 236 Å². The van der Waals surface area contributed by atoms with E-state index < -0.39 is 29.1 Å². The van der Waals surface area contributed by atoms with Gasteiger partial charge in [0, 0.05) is 41.8 Å². The Morgan fingerprint density at radius 3 is 2.46 bits per heavy atom. The zero-order valence-corrected chi connectivity index (χ0v) is 23.3. The molecule has 7 nitrogen and oxygen atoms in total. The molecule has 39 heavy (non-hydrogen) atoms.